The Kier molecular flexibility index (Phi) is 4.69. The van der Waals surface area contributed by atoms with Gasteiger partial charge in [-0.05, 0) is 25.6 Å². The Balaban J connectivity index is 2.05. The molecule has 0 amide bonds. The zero-order valence-corrected chi connectivity index (χ0v) is 11.1. The molecule has 0 saturated carbocycles. The zero-order chi connectivity index (χ0) is 13.0. The van der Waals surface area contributed by atoms with E-state index in [1.807, 2.05) is 19.2 Å². The van der Waals surface area contributed by atoms with Crippen molar-refractivity contribution in [3.63, 3.8) is 0 Å². The number of hydrogen-bond donors (Lipinski definition) is 1. The minimum Gasteiger partial charge on any atom is -0.376 e. The van der Waals surface area contributed by atoms with E-state index in [-0.39, 0.29) is 11.9 Å². The predicted octanol–water partition coefficient (Wildman–Crippen LogP) is 1.77. The zero-order valence-electron chi connectivity index (χ0n) is 11.1. The molecule has 2 rings (SSSR count). The largest absolute Gasteiger partial charge is 0.376 e. The van der Waals surface area contributed by atoms with Gasteiger partial charge in [0.05, 0.1) is 12.7 Å². The molecule has 18 heavy (non-hydrogen) atoms. The third kappa shape index (κ3) is 3.51. The van der Waals surface area contributed by atoms with Gasteiger partial charge in [0.2, 0.25) is 0 Å². The molecule has 1 aromatic carbocycles. The lowest BCUT2D eigenvalue weighted by molar-refractivity contribution is -0.0215. The van der Waals surface area contributed by atoms with Gasteiger partial charge < -0.3 is 10.1 Å². The number of ether oxygens (including phenoxy) is 1. The van der Waals surface area contributed by atoms with Gasteiger partial charge in [0, 0.05) is 31.7 Å². The van der Waals surface area contributed by atoms with Crippen molar-refractivity contribution < 1.29 is 9.13 Å². The van der Waals surface area contributed by atoms with Crippen LogP contribution in [0.2, 0.25) is 0 Å². The first-order valence-corrected chi connectivity index (χ1v) is 6.45. The van der Waals surface area contributed by atoms with E-state index in [1.54, 1.807) is 6.07 Å². The van der Waals surface area contributed by atoms with E-state index >= 15 is 0 Å². The minimum absolute atomic E-state index is 0.117. The number of nitrogens with zero attached hydrogens (tertiary/aromatic N) is 1. The van der Waals surface area contributed by atoms with E-state index in [1.165, 1.54) is 0 Å². The van der Waals surface area contributed by atoms with Crippen molar-refractivity contribution in [2.75, 3.05) is 26.7 Å². The number of hydrogen-bond acceptors (Lipinski definition) is 3. The van der Waals surface area contributed by atoms with E-state index in [2.05, 4.69) is 17.1 Å². The van der Waals surface area contributed by atoms with Crippen molar-refractivity contribution >= 4 is 0 Å². The molecule has 0 spiro atoms. The molecule has 1 atom stereocenters. The molecule has 1 saturated heterocycles. The molecule has 1 aliphatic rings. The molecule has 1 aromatic rings. The second-order valence-electron chi connectivity index (χ2n) is 4.87. The summed E-state index contributed by atoms with van der Waals surface area (Å²) in [4.78, 5) is 2.25. The van der Waals surface area contributed by atoms with E-state index < -0.39 is 0 Å². The fraction of sp³-hybridized carbons (Fsp3) is 0.571. The predicted molar refractivity (Wildman–Crippen MR) is 69.9 cm³/mol. The third-order valence-electron chi connectivity index (χ3n) is 3.21. The van der Waals surface area contributed by atoms with Gasteiger partial charge in [-0.25, -0.2) is 4.39 Å². The van der Waals surface area contributed by atoms with E-state index in [0.29, 0.717) is 6.54 Å². The lowest BCUT2D eigenvalue weighted by Crippen LogP contribution is -2.40. The van der Waals surface area contributed by atoms with Gasteiger partial charge in [-0.1, -0.05) is 12.1 Å². The van der Waals surface area contributed by atoms with Crippen LogP contribution in [0.4, 0.5) is 4.39 Å². The van der Waals surface area contributed by atoms with Gasteiger partial charge in [0.25, 0.3) is 0 Å². The van der Waals surface area contributed by atoms with Crippen LogP contribution in [0.25, 0.3) is 0 Å². The highest BCUT2D eigenvalue weighted by atomic mass is 19.1. The Hall–Kier alpha value is -0.970. The summed E-state index contributed by atoms with van der Waals surface area (Å²) in [7, 11) is 1.90. The van der Waals surface area contributed by atoms with Gasteiger partial charge >= 0.3 is 0 Å². The molecule has 0 aromatic heterocycles. The maximum absolute atomic E-state index is 13.8. The smallest absolute Gasteiger partial charge is 0.127 e. The molecular weight excluding hydrogens is 231 g/mol. The molecule has 1 N–H and O–H groups in total. The first-order valence-electron chi connectivity index (χ1n) is 6.45. The first kappa shape index (κ1) is 13.5. The Morgan fingerprint density at radius 1 is 1.50 bits per heavy atom. The molecule has 1 fully saturated rings. The average Bonchev–Trinajstić information content (AvgIpc) is 2.34. The van der Waals surface area contributed by atoms with Crippen LogP contribution in [-0.4, -0.2) is 37.7 Å². The molecule has 3 nitrogen and oxygen atoms in total. The number of benzene rings is 1. The standard InChI is InChI=1S/C14H21FN2O/c1-11-9-17(5-6-18-11)10-13-7-12(8-16-2)3-4-14(13)15/h3-4,7,11,16H,5-6,8-10H2,1-2H3. The summed E-state index contributed by atoms with van der Waals surface area (Å²) in [5.74, 6) is -0.117. The molecular formula is C14H21FN2O. The second-order valence-corrected chi connectivity index (χ2v) is 4.87. The molecule has 0 radical (unpaired) electrons. The Morgan fingerprint density at radius 3 is 3.06 bits per heavy atom. The number of morpholine rings is 1. The third-order valence-corrected chi connectivity index (χ3v) is 3.21. The Morgan fingerprint density at radius 2 is 2.33 bits per heavy atom. The molecule has 1 unspecified atom stereocenters. The summed E-state index contributed by atoms with van der Waals surface area (Å²) in [6.07, 6.45) is 0.238. The van der Waals surface area contributed by atoms with Crippen LogP contribution in [0, 0.1) is 5.82 Å². The molecule has 1 aliphatic heterocycles. The fourth-order valence-electron chi connectivity index (χ4n) is 2.34. The van der Waals surface area contributed by atoms with Crippen molar-refractivity contribution in [2.24, 2.45) is 0 Å². The number of rotatable bonds is 4. The SMILES string of the molecule is CNCc1ccc(F)c(CN2CCOC(C)C2)c1. The second kappa shape index (κ2) is 6.27. The summed E-state index contributed by atoms with van der Waals surface area (Å²) in [6, 6.07) is 5.34. The van der Waals surface area contributed by atoms with Crippen LogP contribution in [0.15, 0.2) is 18.2 Å². The summed E-state index contributed by atoms with van der Waals surface area (Å²) in [6.45, 7) is 5.97. The van der Waals surface area contributed by atoms with Crippen molar-refractivity contribution in [3.05, 3.63) is 35.1 Å². The van der Waals surface area contributed by atoms with Gasteiger partial charge in [-0.15, -0.1) is 0 Å². The Bertz CT molecular complexity index is 397. The fourth-order valence-corrected chi connectivity index (χ4v) is 2.34. The summed E-state index contributed by atoms with van der Waals surface area (Å²) in [5.41, 5.74) is 1.90. The topological polar surface area (TPSA) is 24.5 Å². The van der Waals surface area contributed by atoms with Gasteiger partial charge in [-0.2, -0.15) is 0 Å². The van der Waals surface area contributed by atoms with E-state index in [0.717, 1.165) is 37.4 Å². The lowest BCUT2D eigenvalue weighted by Gasteiger charge is -2.31. The van der Waals surface area contributed by atoms with Gasteiger partial charge in [-0.3, -0.25) is 4.90 Å². The Labute approximate surface area is 108 Å². The van der Waals surface area contributed by atoms with Crippen molar-refractivity contribution in [1.29, 1.82) is 0 Å². The maximum Gasteiger partial charge on any atom is 0.127 e. The van der Waals surface area contributed by atoms with Crippen LogP contribution in [-0.2, 0) is 17.8 Å². The summed E-state index contributed by atoms with van der Waals surface area (Å²) < 4.78 is 19.3. The van der Waals surface area contributed by atoms with Crippen LogP contribution < -0.4 is 5.32 Å². The van der Waals surface area contributed by atoms with Crippen LogP contribution >= 0.6 is 0 Å². The molecule has 4 heteroatoms. The molecule has 0 aliphatic carbocycles. The normalized spacial score (nSPS) is 21.2. The molecule has 100 valence electrons. The van der Waals surface area contributed by atoms with Crippen molar-refractivity contribution in [3.8, 4) is 0 Å². The van der Waals surface area contributed by atoms with Crippen molar-refractivity contribution in [1.82, 2.24) is 10.2 Å². The molecule has 1 heterocycles. The van der Waals surface area contributed by atoms with Gasteiger partial charge in [0.1, 0.15) is 5.82 Å². The highest BCUT2D eigenvalue weighted by molar-refractivity contribution is 5.25. The van der Waals surface area contributed by atoms with Gasteiger partial charge in [0.15, 0.2) is 0 Å². The maximum atomic E-state index is 13.8. The van der Waals surface area contributed by atoms with E-state index in [9.17, 15) is 4.39 Å². The monoisotopic (exact) mass is 252 g/mol. The average molecular weight is 252 g/mol. The number of halogens is 1. The first-order chi connectivity index (χ1) is 8.69. The quantitative estimate of drug-likeness (QED) is 0.884. The lowest BCUT2D eigenvalue weighted by atomic mass is 10.1. The molecule has 0 bridgehead atoms. The number of nitrogens with one attached hydrogen (secondary N) is 1. The van der Waals surface area contributed by atoms with Crippen LogP contribution in [0.3, 0.4) is 0 Å². The minimum atomic E-state index is -0.117. The summed E-state index contributed by atoms with van der Waals surface area (Å²) >= 11 is 0. The van der Waals surface area contributed by atoms with Crippen molar-refractivity contribution in [2.45, 2.75) is 26.1 Å². The van der Waals surface area contributed by atoms with Crippen LogP contribution in [0.5, 0.6) is 0 Å². The van der Waals surface area contributed by atoms with Crippen LogP contribution in [0.1, 0.15) is 18.1 Å². The highest BCUT2D eigenvalue weighted by Gasteiger charge is 2.17. The van der Waals surface area contributed by atoms with E-state index in [4.69, 9.17) is 4.74 Å². The summed E-state index contributed by atoms with van der Waals surface area (Å²) in [5, 5.41) is 3.09. The highest BCUT2D eigenvalue weighted by Crippen LogP contribution is 2.15.